The summed E-state index contributed by atoms with van der Waals surface area (Å²) in [6, 6.07) is 6.95. The topological polar surface area (TPSA) is 90.3 Å². The van der Waals surface area contributed by atoms with E-state index in [1.165, 1.54) is 7.11 Å². The molecule has 0 atom stereocenters. The van der Waals surface area contributed by atoms with Gasteiger partial charge in [-0.3, -0.25) is 9.48 Å². The predicted molar refractivity (Wildman–Crippen MR) is 105 cm³/mol. The molecule has 0 radical (unpaired) electrons. The van der Waals surface area contributed by atoms with Gasteiger partial charge in [-0.15, -0.1) is 0 Å². The molecule has 152 valence electrons. The summed E-state index contributed by atoms with van der Waals surface area (Å²) in [5.74, 6) is -0.278. The van der Waals surface area contributed by atoms with Gasteiger partial charge < -0.3 is 4.74 Å². The third-order valence-corrected chi connectivity index (χ3v) is 6.74. The van der Waals surface area contributed by atoms with Crippen LogP contribution in [0.3, 0.4) is 0 Å². The monoisotopic (exact) mass is 405 g/mol. The number of methoxy groups -OCH3 is 1. The van der Waals surface area contributed by atoms with Crippen molar-refractivity contribution < 1.29 is 17.9 Å². The van der Waals surface area contributed by atoms with Crippen LogP contribution in [0.15, 0.2) is 41.6 Å². The summed E-state index contributed by atoms with van der Waals surface area (Å²) >= 11 is 0. The molecule has 1 heterocycles. The fourth-order valence-corrected chi connectivity index (χ4v) is 4.87. The van der Waals surface area contributed by atoms with Gasteiger partial charge in [0.1, 0.15) is 0 Å². The lowest BCUT2D eigenvalue weighted by atomic mass is 9.92. The number of aryl methyl sites for hydroxylation is 2. The first kappa shape index (κ1) is 20.5. The van der Waals surface area contributed by atoms with E-state index >= 15 is 0 Å². The Balaban J connectivity index is 1.54. The maximum atomic E-state index is 12.7. The summed E-state index contributed by atoms with van der Waals surface area (Å²) in [6.45, 7) is 2.02. The lowest BCUT2D eigenvalue weighted by Crippen LogP contribution is -2.38. The van der Waals surface area contributed by atoms with Crippen LogP contribution in [0, 0.1) is 6.92 Å². The van der Waals surface area contributed by atoms with Crippen LogP contribution in [0.25, 0.3) is 0 Å². The SMILES string of the molecule is COC(=O)CCc1ccc(S(=O)(=O)NC2CCC(n3cc(C)cn3)CC2)cc1. The number of ether oxygens (including phenoxy) is 1. The molecule has 1 aromatic carbocycles. The Labute approximate surface area is 166 Å². The average Bonchev–Trinajstić information content (AvgIpc) is 3.13. The number of nitrogens with zero attached hydrogens (tertiary/aromatic N) is 2. The van der Waals surface area contributed by atoms with E-state index in [9.17, 15) is 13.2 Å². The number of sulfonamides is 1. The molecule has 8 heteroatoms. The Morgan fingerprint density at radius 2 is 1.89 bits per heavy atom. The number of nitrogens with one attached hydrogen (secondary N) is 1. The van der Waals surface area contributed by atoms with E-state index in [-0.39, 0.29) is 23.3 Å². The molecule has 1 fully saturated rings. The van der Waals surface area contributed by atoms with Gasteiger partial charge >= 0.3 is 5.97 Å². The molecule has 3 rings (SSSR count). The van der Waals surface area contributed by atoms with Crippen molar-refractivity contribution in [1.82, 2.24) is 14.5 Å². The summed E-state index contributed by atoms with van der Waals surface area (Å²) in [4.78, 5) is 11.5. The Hall–Kier alpha value is -2.19. The molecule has 2 aromatic rings. The number of hydrogen-bond donors (Lipinski definition) is 1. The number of carbonyl (C=O) groups excluding carboxylic acids is 1. The smallest absolute Gasteiger partial charge is 0.305 e. The van der Waals surface area contributed by atoms with Crippen molar-refractivity contribution in [1.29, 1.82) is 0 Å². The van der Waals surface area contributed by atoms with Crippen LogP contribution < -0.4 is 4.72 Å². The highest BCUT2D eigenvalue weighted by atomic mass is 32.2. The minimum atomic E-state index is -3.55. The Morgan fingerprint density at radius 3 is 2.46 bits per heavy atom. The number of benzene rings is 1. The predicted octanol–water partition coefficient (Wildman–Crippen LogP) is 2.76. The highest BCUT2D eigenvalue weighted by Gasteiger charge is 2.26. The fourth-order valence-electron chi connectivity index (χ4n) is 3.56. The minimum Gasteiger partial charge on any atom is -0.469 e. The van der Waals surface area contributed by atoms with Crippen LogP contribution in [0.2, 0.25) is 0 Å². The second-order valence-electron chi connectivity index (χ2n) is 7.34. The van der Waals surface area contributed by atoms with Gasteiger partial charge in [-0.05, 0) is 62.3 Å². The number of hydrogen-bond acceptors (Lipinski definition) is 5. The third kappa shape index (κ3) is 5.20. The van der Waals surface area contributed by atoms with Crippen molar-refractivity contribution in [3.8, 4) is 0 Å². The normalized spacial score (nSPS) is 20.1. The highest BCUT2D eigenvalue weighted by molar-refractivity contribution is 7.89. The summed E-state index contributed by atoms with van der Waals surface area (Å²) in [7, 11) is -2.20. The quantitative estimate of drug-likeness (QED) is 0.716. The van der Waals surface area contributed by atoms with Gasteiger partial charge in [0.05, 0.1) is 24.2 Å². The molecule has 7 nitrogen and oxygen atoms in total. The Bertz CT molecular complexity index is 898. The van der Waals surface area contributed by atoms with Gasteiger partial charge in [0.15, 0.2) is 0 Å². The molecule has 1 aliphatic carbocycles. The Morgan fingerprint density at radius 1 is 1.21 bits per heavy atom. The zero-order valence-corrected chi connectivity index (χ0v) is 17.1. The van der Waals surface area contributed by atoms with E-state index in [1.807, 2.05) is 24.0 Å². The van der Waals surface area contributed by atoms with Crippen molar-refractivity contribution in [3.05, 3.63) is 47.8 Å². The summed E-state index contributed by atoms with van der Waals surface area (Å²) < 4.78 is 34.8. The van der Waals surface area contributed by atoms with Gasteiger partial charge in [-0.1, -0.05) is 12.1 Å². The second-order valence-corrected chi connectivity index (χ2v) is 9.06. The van der Waals surface area contributed by atoms with Gasteiger partial charge in [0.2, 0.25) is 10.0 Å². The lowest BCUT2D eigenvalue weighted by molar-refractivity contribution is -0.140. The molecule has 1 N–H and O–H groups in total. The lowest BCUT2D eigenvalue weighted by Gasteiger charge is -2.29. The average molecular weight is 406 g/mol. The van der Waals surface area contributed by atoms with E-state index in [1.54, 1.807) is 24.3 Å². The van der Waals surface area contributed by atoms with Crippen molar-refractivity contribution >= 4 is 16.0 Å². The van der Waals surface area contributed by atoms with E-state index in [0.29, 0.717) is 12.5 Å². The van der Waals surface area contributed by atoms with Crippen molar-refractivity contribution in [2.45, 2.75) is 62.4 Å². The number of aromatic nitrogens is 2. The first-order chi connectivity index (χ1) is 13.4. The van der Waals surface area contributed by atoms with Crippen LogP contribution in [0.5, 0.6) is 0 Å². The van der Waals surface area contributed by atoms with Crippen molar-refractivity contribution in [3.63, 3.8) is 0 Å². The first-order valence-electron chi connectivity index (χ1n) is 9.56. The molecule has 0 saturated heterocycles. The van der Waals surface area contributed by atoms with Crippen LogP contribution in [-0.4, -0.2) is 37.3 Å². The molecule has 0 aliphatic heterocycles. The van der Waals surface area contributed by atoms with E-state index < -0.39 is 10.0 Å². The molecule has 28 heavy (non-hydrogen) atoms. The summed E-state index contributed by atoms with van der Waals surface area (Å²) in [6.07, 6.45) is 8.08. The largest absolute Gasteiger partial charge is 0.469 e. The Kier molecular flexibility index (Phi) is 6.51. The van der Waals surface area contributed by atoms with Gasteiger partial charge in [0, 0.05) is 18.7 Å². The standard InChI is InChI=1S/C20H27N3O4S/c1-15-13-21-23(14-15)18-8-6-17(7-9-18)22-28(25,26)19-10-3-16(4-11-19)5-12-20(24)27-2/h3-4,10-11,13-14,17-18,22H,5-9,12H2,1-2H3. The maximum absolute atomic E-state index is 12.7. The van der Waals surface area contributed by atoms with Gasteiger partial charge in [-0.2, -0.15) is 5.10 Å². The molecule has 1 saturated carbocycles. The molecule has 0 bridgehead atoms. The number of carbonyl (C=O) groups is 1. The highest BCUT2D eigenvalue weighted by Crippen LogP contribution is 2.29. The van der Waals surface area contributed by atoms with Crippen LogP contribution in [0.1, 0.15) is 49.3 Å². The zero-order chi connectivity index (χ0) is 20.1. The number of rotatable bonds is 7. The summed E-state index contributed by atoms with van der Waals surface area (Å²) in [5, 5.41) is 4.38. The molecule has 0 spiro atoms. The minimum absolute atomic E-state index is 0.0584. The molecule has 1 aliphatic rings. The van der Waals surface area contributed by atoms with Crippen LogP contribution in [-0.2, 0) is 26.0 Å². The van der Waals surface area contributed by atoms with E-state index in [4.69, 9.17) is 0 Å². The second kappa shape index (κ2) is 8.87. The van der Waals surface area contributed by atoms with E-state index in [0.717, 1.165) is 36.8 Å². The number of esters is 1. The maximum Gasteiger partial charge on any atom is 0.305 e. The van der Waals surface area contributed by atoms with Crippen LogP contribution >= 0.6 is 0 Å². The first-order valence-corrected chi connectivity index (χ1v) is 11.0. The molecule has 0 amide bonds. The molecular formula is C20H27N3O4S. The van der Waals surface area contributed by atoms with Crippen molar-refractivity contribution in [2.24, 2.45) is 0 Å². The fraction of sp³-hybridized carbons (Fsp3) is 0.500. The van der Waals surface area contributed by atoms with Crippen molar-refractivity contribution in [2.75, 3.05) is 7.11 Å². The molecule has 0 unspecified atom stereocenters. The molecule has 1 aromatic heterocycles. The van der Waals surface area contributed by atoms with E-state index in [2.05, 4.69) is 14.6 Å². The van der Waals surface area contributed by atoms with Crippen LogP contribution in [0.4, 0.5) is 0 Å². The molecular weight excluding hydrogens is 378 g/mol. The zero-order valence-electron chi connectivity index (χ0n) is 16.3. The third-order valence-electron chi connectivity index (χ3n) is 5.20. The summed E-state index contributed by atoms with van der Waals surface area (Å²) in [5.41, 5.74) is 2.04. The van der Waals surface area contributed by atoms with Gasteiger partial charge in [-0.25, -0.2) is 13.1 Å². The van der Waals surface area contributed by atoms with Gasteiger partial charge in [0.25, 0.3) is 0 Å².